The number of hydrogen-bond acceptors (Lipinski definition) is 3. The summed E-state index contributed by atoms with van der Waals surface area (Å²) in [6, 6.07) is 9.27. The largest absolute Gasteiger partial charge is 0.298 e. The number of rotatable bonds is 8. The van der Waals surface area contributed by atoms with Crippen molar-refractivity contribution < 1.29 is 14.4 Å². The van der Waals surface area contributed by atoms with Crippen LogP contribution in [0.25, 0.3) is 0 Å². The molecule has 0 aliphatic heterocycles. The zero-order valence-corrected chi connectivity index (χ0v) is 12.4. The van der Waals surface area contributed by atoms with Gasteiger partial charge in [-0.15, -0.1) is 0 Å². The van der Waals surface area contributed by atoms with Crippen LogP contribution in [0.2, 0.25) is 0 Å². The minimum absolute atomic E-state index is 0.180. The normalized spacial score (nSPS) is 11.2. The second-order valence-corrected chi connectivity index (χ2v) is 4.90. The smallest absolute Gasteiger partial charge is 0.153 e. The van der Waals surface area contributed by atoms with E-state index in [-0.39, 0.29) is 43.0 Å². The quantitative estimate of drug-likeness (QED) is 0.684. The average Bonchev–Trinajstić information content (AvgIpc) is 2.51. The van der Waals surface area contributed by atoms with E-state index in [2.05, 4.69) is 0 Å². The first-order chi connectivity index (χ1) is 9.52. The number of ketones is 3. The molecule has 0 aromatic heterocycles. The van der Waals surface area contributed by atoms with Gasteiger partial charge in [0.2, 0.25) is 0 Å². The van der Waals surface area contributed by atoms with Gasteiger partial charge in [0.05, 0.1) is 0 Å². The predicted octanol–water partition coefficient (Wildman–Crippen LogP) is 3.15. The van der Waals surface area contributed by atoms with E-state index in [9.17, 15) is 14.4 Å². The van der Waals surface area contributed by atoms with Crippen LogP contribution in [0.15, 0.2) is 30.3 Å². The monoisotopic (exact) mass is 274 g/mol. The van der Waals surface area contributed by atoms with E-state index in [0.29, 0.717) is 0 Å². The van der Waals surface area contributed by atoms with Crippen LogP contribution in [-0.4, -0.2) is 17.3 Å². The molecule has 0 aliphatic rings. The lowest BCUT2D eigenvalue weighted by molar-refractivity contribution is -0.149. The second-order valence-electron chi connectivity index (χ2n) is 4.90. The third kappa shape index (κ3) is 3.03. The van der Waals surface area contributed by atoms with Crippen molar-refractivity contribution in [2.75, 3.05) is 0 Å². The fourth-order valence-corrected chi connectivity index (χ4v) is 2.57. The van der Waals surface area contributed by atoms with Crippen LogP contribution >= 0.6 is 0 Å². The van der Waals surface area contributed by atoms with Crippen molar-refractivity contribution in [3.8, 4) is 0 Å². The molecule has 0 bridgehead atoms. The minimum Gasteiger partial charge on any atom is -0.298 e. The molecule has 20 heavy (non-hydrogen) atoms. The highest BCUT2D eigenvalue weighted by Gasteiger charge is 2.48. The Kier molecular flexibility index (Phi) is 5.81. The molecule has 3 heteroatoms. The van der Waals surface area contributed by atoms with Gasteiger partial charge in [0.25, 0.3) is 0 Å². The van der Waals surface area contributed by atoms with E-state index >= 15 is 0 Å². The molecule has 0 atom stereocenters. The first-order valence-electron chi connectivity index (χ1n) is 7.16. The Balaban J connectivity index is 3.33. The van der Waals surface area contributed by atoms with Crippen LogP contribution < -0.4 is 0 Å². The number of carbonyl (C=O) groups is 3. The van der Waals surface area contributed by atoms with E-state index in [4.69, 9.17) is 0 Å². The van der Waals surface area contributed by atoms with E-state index in [1.54, 1.807) is 20.8 Å². The summed E-state index contributed by atoms with van der Waals surface area (Å²) in [6.45, 7) is 5.11. The fourth-order valence-electron chi connectivity index (χ4n) is 2.57. The maximum Gasteiger partial charge on any atom is 0.153 e. The van der Waals surface area contributed by atoms with E-state index in [0.717, 1.165) is 5.56 Å². The molecule has 0 aliphatic carbocycles. The Morgan fingerprint density at radius 1 is 0.800 bits per heavy atom. The number of carbonyl (C=O) groups excluding carboxylic acids is 3. The Hall–Kier alpha value is -1.77. The van der Waals surface area contributed by atoms with Gasteiger partial charge >= 0.3 is 0 Å². The molecular weight excluding hydrogens is 252 g/mol. The van der Waals surface area contributed by atoms with Gasteiger partial charge in [-0.1, -0.05) is 51.1 Å². The van der Waals surface area contributed by atoms with Gasteiger partial charge in [-0.2, -0.15) is 0 Å². The molecule has 0 saturated heterocycles. The van der Waals surface area contributed by atoms with Gasteiger partial charge in [0, 0.05) is 19.3 Å². The summed E-state index contributed by atoms with van der Waals surface area (Å²) in [4.78, 5) is 37.2. The molecule has 108 valence electrons. The number of hydrogen-bond donors (Lipinski definition) is 0. The fraction of sp³-hybridized carbons (Fsp3) is 0.471. The molecule has 3 nitrogen and oxygen atoms in total. The highest BCUT2D eigenvalue weighted by atomic mass is 16.2. The van der Waals surface area contributed by atoms with E-state index in [1.165, 1.54) is 0 Å². The summed E-state index contributed by atoms with van der Waals surface area (Å²) < 4.78 is 0. The molecule has 0 unspecified atom stereocenters. The van der Waals surface area contributed by atoms with Crippen LogP contribution in [-0.2, 0) is 20.8 Å². The lowest BCUT2D eigenvalue weighted by Gasteiger charge is -2.29. The van der Waals surface area contributed by atoms with Crippen LogP contribution in [0.4, 0.5) is 0 Å². The van der Waals surface area contributed by atoms with Gasteiger partial charge in [0.15, 0.2) is 17.3 Å². The topological polar surface area (TPSA) is 51.2 Å². The maximum atomic E-state index is 12.4. The zero-order chi connectivity index (χ0) is 15.2. The molecule has 0 N–H and O–H groups in total. The molecule has 1 aromatic carbocycles. The third-order valence-corrected chi connectivity index (χ3v) is 3.70. The molecule has 0 saturated carbocycles. The lowest BCUT2D eigenvalue weighted by Crippen LogP contribution is -2.47. The zero-order valence-electron chi connectivity index (χ0n) is 12.4. The van der Waals surface area contributed by atoms with Crippen LogP contribution in [0.3, 0.4) is 0 Å². The second kappa shape index (κ2) is 7.13. The first kappa shape index (κ1) is 16.3. The van der Waals surface area contributed by atoms with Crippen LogP contribution in [0.5, 0.6) is 0 Å². The predicted molar refractivity (Wildman–Crippen MR) is 78.5 cm³/mol. The van der Waals surface area contributed by atoms with Gasteiger partial charge < -0.3 is 0 Å². The first-order valence-corrected chi connectivity index (χ1v) is 7.16. The van der Waals surface area contributed by atoms with E-state index < -0.39 is 5.41 Å². The number of benzene rings is 1. The summed E-state index contributed by atoms with van der Waals surface area (Å²) in [6.07, 6.45) is 0.777. The molecular formula is C17H22O3. The molecule has 0 radical (unpaired) electrons. The summed E-state index contributed by atoms with van der Waals surface area (Å²) in [5.74, 6) is -0.792. The third-order valence-electron chi connectivity index (χ3n) is 3.70. The summed E-state index contributed by atoms with van der Waals surface area (Å²) in [7, 11) is 0. The Bertz CT molecular complexity index is 447. The summed E-state index contributed by atoms with van der Waals surface area (Å²) >= 11 is 0. The highest BCUT2D eigenvalue weighted by Crippen LogP contribution is 2.31. The van der Waals surface area contributed by atoms with Gasteiger partial charge in [-0.3, -0.25) is 14.4 Å². The van der Waals surface area contributed by atoms with Crippen molar-refractivity contribution in [1.82, 2.24) is 0 Å². The van der Waals surface area contributed by atoms with Gasteiger partial charge in [-0.05, 0) is 12.0 Å². The summed E-state index contributed by atoms with van der Waals surface area (Å²) in [5.41, 5.74) is -0.641. The Labute approximate surface area is 120 Å². The van der Waals surface area contributed by atoms with E-state index in [1.807, 2.05) is 30.3 Å². The van der Waals surface area contributed by atoms with Crippen molar-refractivity contribution in [3.05, 3.63) is 35.9 Å². The maximum absolute atomic E-state index is 12.4. The minimum atomic E-state index is -1.49. The molecule has 0 fully saturated rings. The van der Waals surface area contributed by atoms with Crippen molar-refractivity contribution in [2.45, 2.75) is 46.5 Å². The van der Waals surface area contributed by atoms with Crippen molar-refractivity contribution in [3.63, 3.8) is 0 Å². The van der Waals surface area contributed by atoms with Crippen molar-refractivity contribution in [1.29, 1.82) is 0 Å². The lowest BCUT2D eigenvalue weighted by atomic mass is 9.69. The molecule has 0 amide bonds. The molecule has 1 rings (SSSR count). The SMILES string of the molecule is CCC(=O)C(Cc1ccccc1)(C(=O)CC)C(=O)CC. The number of Topliss-reactive ketones (excluding diaryl/α,β-unsaturated/α-hetero) is 3. The standard InChI is InChI=1S/C17H22O3/c1-4-14(18)17(15(19)5-2,16(20)6-3)12-13-10-8-7-9-11-13/h7-11H,4-6,12H2,1-3H3. The summed E-state index contributed by atoms with van der Waals surface area (Å²) in [5, 5.41) is 0. The van der Waals surface area contributed by atoms with Crippen molar-refractivity contribution in [2.24, 2.45) is 5.41 Å². The highest BCUT2D eigenvalue weighted by molar-refractivity contribution is 6.24. The Morgan fingerprint density at radius 3 is 1.55 bits per heavy atom. The van der Waals surface area contributed by atoms with Crippen LogP contribution in [0.1, 0.15) is 45.6 Å². The average molecular weight is 274 g/mol. The molecule has 0 spiro atoms. The van der Waals surface area contributed by atoms with Gasteiger partial charge in [-0.25, -0.2) is 0 Å². The molecule has 1 aromatic rings. The van der Waals surface area contributed by atoms with Crippen LogP contribution in [0, 0.1) is 5.41 Å². The van der Waals surface area contributed by atoms with Gasteiger partial charge in [0.1, 0.15) is 5.41 Å². The Morgan fingerprint density at radius 2 is 1.20 bits per heavy atom. The molecule has 0 heterocycles. The van der Waals surface area contributed by atoms with Crippen molar-refractivity contribution >= 4 is 17.3 Å².